The molecule has 120 valence electrons. The molecule has 1 aromatic heterocycles. The van der Waals surface area contributed by atoms with E-state index in [1.165, 1.54) is 0 Å². The maximum Gasteiger partial charge on any atom is 0.225 e. The molecule has 22 heavy (non-hydrogen) atoms. The van der Waals surface area contributed by atoms with Crippen molar-refractivity contribution in [3.8, 4) is 0 Å². The number of rotatable bonds is 3. The molecule has 0 aliphatic rings. The minimum absolute atomic E-state index is 0.0766. The SMILES string of the molecule is CC.Cc1cnc(NC(C)(C)C)nc1Nc1ccc(Cl)cc1. The molecule has 0 atom stereocenters. The van der Waals surface area contributed by atoms with Crippen molar-refractivity contribution in [2.75, 3.05) is 10.6 Å². The first-order valence-electron chi connectivity index (χ1n) is 7.48. The van der Waals surface area contributed by atoms with Crippen LogP contribution < -0.4 is 10.6 Å². The number of hydrogen-bond acceptors (Lipinski definition) is 4. The fourth-order valence-corrected chi connectivity index (χ4v) is 1.76. The number of halogens is 1. The smallest absolute Gasteiger partial charge is 0.225 e. The normalized spacial score (nSPS) is 10.5. The molecule has 0 saturated carbocycles. The van der Waals surface area contributed by atoms with E-state index in [-0.39, 0.29) is 5.54 Å². The zero-order chi connectivity index (χ0) is 16.8. The van der Waals surface area contributed by atoms with E-state index in [0.717, 1.165) is 17.1 Å². The molecule has 2 aromatic rings. The Morgan fingerprint density at radius 3 is 2.18 bits per heavy atom. The molecule has 5 heteroatoms. The highest BCUT2D eigenvalue weighted by Crippen LogP contribution is 2.21. The van der Waals surface area contributed by atoms with Crippen LogP contribution in [-0.2, 0) is 0 Å². The lowest BCUT2D eigenvalue weighted by molar-refractivity contribution is 0.626. The van der Waals surface area contributed by atoms with Gasteiger partial charge in [-0.05, 0) is 52.0 Å². The van der Waals surface area contributed by atoms with Gasteiger partial charge in [0.15, 0.2) is 0 Å². The van der Waals surface area contributed by atoms with Crippen molar-refractivity contribution in [1.82, 2.24) is 9.97 Å². The number of anilines is 3. The molecule has 0 saturated heterocycles. The van der Waals surface area contributed by atoms with E-state index in [4.69, 9.17) is 11.6 Å². The van der Waals surface area contributed by atoms with Crippen molar-refractivity contribution in [2.45, 2.75) is 47.1 Å². The Labute approximate surface area is 138 Å². The van der Waals surface area contributed by atoms with Crippen LogP contribution in [0.5, 0.6) is 0 Å². The number of nitrogens with one attached hydrogen (secondary N) is 2. The second-order valence-electron chi connectivity index (χ2n) is 5.73. The molecule has 1 aromatic carbocycles. The Kier molecular flexibility index (Phi) is 6.62. The standard InChI is InChI=1S/C15H19ClN4.C2H6/c1-10-9-17-14(20-15(2,3)4)19-13(10)18-12-7-5-11(16)6-8-12;1-2/h5-9H,1-4H3,(H2,17,18,19,20);1-2H3. The lowest BCUT2D eigenvalue weighted by Gasteiger charge is -2.21. The van der Waals surface area contributed by atoms with Gasteiger partial charge in [-0.25, -0.2) is 4.98 Å². The number of benzene rings is 1. The van der Waals surface area contributed by atoms with E-state index < -0.39 is 0 Å². The van der Waals surface area contributed by atoms with Gasteiger partial charge in [0.2, 0.25) is 5.95 Å². The van der Waals surface area contributed by atoms with Crippen LogP contribution in [0.3, 0.4) is 0 Å². The first kappa shape index (κ1) is 18.2. The molecule has 2 rings (SSSR count). The molecule has 0 spiro atoms. The van der Waals surface area contributed by atoms with Crippen LogP contribution in [0.1, 0.15) is 40.2 Å². The van der Waals surface area contributed by atoms with Gasteiger partial charge >= 0.3 is 0 Å². The lowest BCUT2D eigenvalue weighted by Crippen LogP contribution is -2.27. The molecule has 4 nitrogen and oxygen atoms in total. The van der Waals surface area contributed by atoms with Crippen LogP contribution >= 0.6 is 11.6 Å². The molecule has 0 amide bonds. The number of hydrogen-bond donors (Lipinski definition) is 2. The molecular weight excluding hydrogens is 296 g/mol. The Balaban J connectivity index is 0.00000116. The van der Waals surface area contributed by atoms with Gasteiger partial charge in [-0.2, -0.15) is 4.98 Å². The highest BCUT2D eigenvalue weighted by molar-refractivity contribution is 6.30. The predicted molar refractivity (Wildman–Crippen MR) is 96.2 cm³/mol. The average molecular weight is 321 g/mol. The van der Waals surface area contributed by atoms with Crippen LogP contribution in [-0.4, -0.2) is 15.5 Å². The monoisotopic (exact) mass is 320 g/mol. The summed E-state index contributed by atoms with van der Waals surface area (Å²) in [6.45, 7) is 12.2. The van der Waals surface area contributed by atoms with Gasteiger partial charge in [0.05, 0.1) is 0 Å². The van der Waals surface area contributed by atoms with Gasteiger partial charge in [-0.15, -0.1) is 0 Å². The van der Waals surface area contributed by atoms with Gasteiger partial charge in [0.1, 0.15) is 5.82 Å². The Bertz CT molecular complexity index is 589. The largest absolute Gasteiger partial charge is 0.350 e. The Hall–Kier alpha value is -1.81. The van der Waals surface area contributed by atoms with Crippen molar-refractivity contribution in [1.29, 1.82) is 0 Å². The fourth-order valence-electron chi connectivity index (χ4n) is 1.63. The van der Waals surface area contributed by atoms with Crippen LogP contribution in [0.25, 0.3) is 0 Å². The molecule has 2 N–H and O–H groups in total. The van der Waals surface area contributed by atoms with Gasteiger partial charge < -0.3 is 10.6 Å². The third kappa shape index (κ3) is 5.90. The molecule has 0 radical (unpaired) electrons. The Morgan fingerprint density at radius 2 is 1.64 bits per heavy atom. The van der Waals surface area contributed by atoms with Crippen LogP contribution in [0.4, 0.5) is 17.5 Å². The van der Waals surface area contributed by atoms with Gasteiger partial charge in [-0.1, -0.05) is 25.4 Å². The van der Waals surface area contributed by atoms with Crippen molar-refractivity contribution in [3.05, 3.63) is 41.0 Å². The number of nitrogens with zero attached hydrogens (tertiary/aromatic N) is 2. The second kappa shape index (κ2) is 7.99. The number of aryl methyl sites for hydroxylation is 1. The summed E-state index contributed by atoms with van der Waals surface area (Å²) >= 11 is 5.88. The molecule has 0 bridgehead atoms. The quantitative estimate of drug-likeness (QED) is 0.793. The first-order chi connectivity index (χ1) is 10.3. The van der Waals surface area contributed by atoms with Crippen LogP contribution in [0.15, 0.2) is 30.5 Å². The van der Waals surface area contributed by atoms with E-state index in [2.05, 4.69) is 41.4 Å². The second-order valence-corrected chi connectivity index (χ2v) is 6.17. The average Bonchev–Trinajstić information content (AvgIpc) is 2.45. The van der Waals surface area contributed by atoms with Crippen molar-refractivity contribution < 1.29 is 0 Å². The molecule has 0 fully saturated rings. The summed E-state index contributed by atoms with van der Waals surface area (Å²) in [7, 11) is 0. The third-order valence-electron chi connectivity index (χ3n) is 2.57. The first-order valence-corrected chi connectivity index (χ1v) is 7.86. The van der Waals surface area contributed by atoms with E-state index >= 15 is 0 Å². The summed E-state index contributed by atoms with van der Waals surface area (Å²) in [5.41, 5.74) is 1.85. The zero-order valence-corrected chi connectivity index (χ0v) is 14.9. The summed E-state index contributed by atoms with van der Waals surface area (Å²) in [5.74, 6) is 1.40. The third-order valence-corrected chi connectivity index (χ3v) is 2.82. The highest BCUT2D eigenvalue weighted by Gasteiger charge is 2.12. The van der Waals surface area contributed by atoms with E-state index in [9.17, 15) is 0 Å². The molecule has 0 aliphatic heterocycles. The topological polar surface area (TPSA) is 49.8 Å². The Morgan fingerprint density at radius 1 is 1.05 bits per heavy atom. The minimum atomic E-state index is -0.0766. The maximum absolute atomic E-state index is 5.88. The highest BCUT2D eigenvalue weighted by atomic mass is 35.5. The van der Waals surface area contributed by atoms with Gasteiger partial charge in [0, 0.05) is 28.0 Å². The summed E-state index contributed by atoms with van der Waals surface area (Å²) in [6.07, 6.45) is 1.80. The lowest BCUT2D eigenvalue weighted by atomic mass is 10.1. The van der Waals surface area contributed by atoms with Crippen molar-refractivity contribution in [3.63, 3.8) is 0 Å². The van der Waals surface area contributed by atoms with Gasteiger partial charge in [0.25, 0.3) is 0 Å². The summed E-state index contributed by atoms with van der Waals surface area (Å²) in [4.78, 5) is 8.81. The molecular formula is C17H25ClN4. The minimum Gasteiger partial charge on any atom is -0.350 e. The molecule has 0 unspecified atom stereocenters. The summed E-state index contributed by atoms with van der Waals surface area (Å²) in [6, 6.07) is 7.52. The summed E-state index contributed by atoms with van der Waals surface area (Å²) < 4.78 is 0. The molecule has 1 heterocycles. The van der Waals surface area contributed by atoms with E-state index in [0.29, 0.717) is 11.0 Å². The predicted octanol–water partition coefficient (Wildman–Crippen LogP) is 5.42. The van der Waals surface area contributed by atoms with Crippen molar-refractivity contribution >= 4 is 29.1 Å². The maximum atomic E-state index is 5.88. The van der Waals surface area contributed by atoms with Crippen LogP contribution in [0, 0.1) is 6.92 Å². The fraction of sp³-hybridized carbons (Fsp3) is 0.412. The van der Waals surface area contributed by atoms with Gasteiger partial charge in [-0.3, -0.25) is 0 Å². The van der Waals surface area contributed by atoms with Crippen LogP contribution in [0.2, 0.25) is 5.02 Å². The number of aromatic nitrogens is 2. The molecule has 0 aliphatic carbocycles. The van der Waals surface area contributed by atoms with E-state index in [1.807, 2.05) is 45.0 Å². The summed E-state index contributed by atoms with van der Waals surface area (Å²) in [5, 5.41) is 7.25. The van der Waals surface area contributed by atoms with E-state index in [1.54, 1.807) is 6.20 Å². The zero-order valence-electron chi connectivity index (χ0n) is 14.2. The van der Waals surface area contributed by atoms with Crippen molar-refractivity contribution in [2.24, 2.45) is 0 Å².